The number of rotatable bonds is 6. The molecule has 0 radical (unpaired) electrons. The van der Waals surface area contributed by atoms with E-state index in [4.69, 9.17) is 4.74 Å². The minimum absolute atomic E-state index is 0.114. The molecule has 144 valence electrons. The number of aromatic nitrogens is 1. The number of anilines is 1. The van der Waals surface area contributed by atoms with Crippen LogP contribution in [0.3, 0.4) is 0 Å². The van der Waals surface area contributed by atoms with Crippen LogP contribution < -0.4 is 10.1 Å². The molecule has 6 nitrogen and oxygen atoms in total. The molecule has 3 rings (SSSR count). The zero-order valence-electron chi connectivity index (χ0n) is 16.3. The van der Waals surface area contributed by atoms with E-state index in [-0.39, 0.29) is 5.91 Å². The zero-order chi connectivity index (χ0) is 19.3. The smallest absolute Gasteiger partial charge is 0.247 e. The van der Waals surface area contributed by atoms with Crippen LogP contribution in [0.1, 0.15) is 18.5 Å². The second-order valence-corrected chi connectivity index (χ2v) is 7.24. The van der Waals surface area contributed by atoms with Crippen molar-refractivity contribution in [3.05, 3.63) is 54.4 Å². The molecule has 1 aliphatic heterocycles. The van der Waals surface area contributed by atoms with Gasteiger partial charge in [-0.25, -0.2) is 0 Å². The van der Waals surface area contributed by atoms with Crippen molar-refractivity contribution in [2.24, 2.45) is 0 Å². The Morgan fingerprint density at radius 2 is 2.00 bits per heavy atom. The Labute approximate surface area is 161 Å². The van der Waals surface area contributed by atoms with Crippen LogP contribution in [-0.2, 0) is 11.3 Å². The lowest BCUT2D eigenvalue weighted by atomic mass is 9.85. The van der Waals surface area contributed by atoms with Crippen molar-refractivity contribution in [3.8, 4) is 5.75 Å². The number of benzene rings is 1. The monoisotopic (exact) mass is 368 g/mol. The summed E-state index contributed by atoms with van der Waals surface area (Å²) in [6, 6.07) is 13.7. The van der Waals surface area contributed by atoms with E-state index in [1.54, 1.807) is 12.0 Å². The van der Waals surface area contributed by atoms with Gasteiger partial charge in [-0.3, -0.25) is 14.7 Å². The molecule has 1 fully saturated rings. The van der Waals surface area contributed by atoms with Gasteiger partial charge >= 0.3 is 0 Å². The van der Waals surface area contributed by atoms with Gasteiger partial charge in [-0.2, -0.15) is 0 Å². The summed E-state index contributed by atoms with van der Waals surface area (Å²) in [5, 5.41) is 3.52. The first kappa shape index (κ1) is 19.2. The van der Waals surface area contributed by atoms with Crippen molar-refractivity contribution in [2.75, 3.05) is 39.6 Å². The van der Waals surface area contributed by atoms with Gasteiger partial charge in [0.05, 0.1) is 12.8 Å². The Hall–Kier alpha value is -2.60. The fraction of sp³-hybridized carbons (Fsp3) is 0.429. The van der Waals surface area contributed by atoms with E-state index in [2.05, 4.69) is 15.2 Å². The third kappa shape index (κ3) is 4.57. The third-order valence-electron chi connectivity index (χ3n) is 5.09. The number of nitrogens with one attached hydrogen (secondary N) is 1. The molecule has 0 saturated carbocycles. The van der Waals surface area contributed by atoms with E-state index in [0.717, 1.165) is 49.6 Å². The average Bonchev–Trinajstić information content (AvgIpc) is 2.70. The van der Waals surface area contributed by atoms with Gasteiger partial charge in [-0.05, 0) is 37.1 Å². The van der Waals surface area contributed by atoms with Crippen molar-refractivity contribution >= 4 is 11.6 Å². The number of pyridine rings is 1. The van der Waals surface area contributed by atoms with Crippen LogP contribution in [0, 0.1) is 0 Å². The maximum Gasteiger partial charge on any atom is 0.247 e. The maximum absolute atomic E-state index is 13.0. The summed E-state index contributed by atoms with van der Waals surface area (Å²) >= 11 is 0. The fourth-order valence-electron chi connectivity index (χ4n) is 3.61. The molecule has 1 N–H and O–H groups in total. The molecule has 0 atom stereocenters. The van der Waals surface area contributed by atoms with Gasteiger partial charge in [0.15, 0.2) is 0 Å². The van der Waals surface area contributed by atoms with Gasteiger partial charge in [-0.1, -0.05) is 12.1 Å². The van der Waals surface area contributed by atoms with Crippen molar-refractivity contribution < 1.29 is 9.53 Å². The number of amides is 1. The molecular weight excluding hydrogens is 340 g/mol. The molecule has 1 aromatic carbocycles. The number of hydrogen-bond acceptors (Lipinski definition) is 5. The summed E-state index contributed by atoms with van der Waals surface area (Å²) in [7, 11) is 5.28. The summed E-state index contributed by atoms with van der Waals surface area (Å²) in [5.74, 6) is 0.892. The highest BCUT2D eigenvalue weighted by Crippen LogP contribution is 2.30. The van der Waals surface area contributed by atoms with Crippen molar-refractivity contribution in [1.29, 1.82) is 0 Å². The van der Waals surface area contributed by atoms with Gasteiger partial charge in [0.1, 0.15) is 11.3 Å². The number of likely N-dealkylation sites (tertiary alicyclic amines) is 1. The predicted molar refractivity (Wildman–Crippen MR) is 107 cm³/mol. The lowest BCUT2D eigenvalue weighted by Crippen LogP contribution is -2.57. The second kappa shape index (κ2) is 8.39. The van der Waals surface area contributed by atoms with Crippen LogP contribution in [0.5, 0.6) is 5.75 Å². The molecule has 2 aromatic rings. The molecule has 0 spiro atoms. The minimum atomic E-state index is -0.601. The molecule has 1 amide bonds. The molecule has 0 unspecified atom stereocenters. The van der Waals surface area contributed by atoms with Crippen LogP contribution in [0.4, 0.5) is 5.69 Å². The van der Waals surface area contributed by atoms with Crippen LogP contribution >= 0.6 is 0 Å². The Balaban J connectivity index is 1.74. The first-order chi connectivity index (χ1) is 13.0. The molecule has 6 heteroatoms. The van der Waals surface area contributed by atoms with Gasteiger partial charge in [-0.15, -0.1) is 0 Å². The predicted octanol–water partition coefficient (Wildman–Crippen LogP) is 2.63. The van der Waals surface area contributed by atoms with Gasteiger partial charge < -0.3 is 15.0 Å². The van der Waals surface area contributed by atoms with Gasteiger partial charge in [0.2, 0.25) is 5.91 Å². The van der Waals surface area contributed by atoms with Crippen LogP contribution in [-0.4, -0.2) is 60.5 Å². The summed E-state index contributed by atoms with van der Waals surface area (Å²) < 4.78 is 5.32. The van der Waals surface area contributed by atoms with Crippen LogP contribution in [0.15, 0.2) is 48.7 Å². The number of ether oxygens (including phenoxy) is 1. The Kier molecular flexibility index (Phi) is 5.96. The molecule has 0 aliphatic carbocycles. The standard InChI is InChI=1S/C21H28N4O2/c1-24(2)20(26)21(23-17-8-6-9-19(15-17)27-3)10-13-25(14-11-21)16-18-7-4-5-12-22-18/h4-9,12,15,23H,10-11,13-14,16H2,1-3H3. The maximum atomic E-state index is 13.0. The quantitative estimate of drug-likeness (QED) is 0.849. The second-order valence-electron chi connectivity index (χ2n) is 7.24. The highest BCUT2D eigenvalue weighted by Gasteiger charge is 2.42. The molecule has 2 heterocycles. The zero-order valence-corrected chi connectivity index (χ0v) is 16.3. The normalized spacial score (nSPS) is 16.6. The van der Waals surface area contributed by atoms with E-state index < -0.39 is 5.54 Å². The highest BCUT2D eigenvalue weighted by molar-refractivity contribution is 5.89. The van der Waals surface area contributed by atoms with Gasteiger partial charge in [0, 0.05) is 51.7 Å². The van der Waals surface area contributed by atoms with Crippen LogP contribution in [0.25, 0.3) is 0 Å². The first-order valence-corrected chi connectivity index (χ1v) is 9.29. The summed E-state index contributed by atoms with van der Waals surface area (Å²) in [4.78, 5) is 21.5. The Morgan fingerprint density at radius 3 is 2.63 bits per heavy atom. The van der Waals surface area contributed by atoms with E-state index in [1.807, 2.05) is 62.8 Å². The van der Waals surface area contributed by atoms with Gasteiger partial charge in [0.25, 0.3) is 0 Å². The van der Waals surface area contributed by atoms with Crippen LogP contribution in [0.2, 0.25) is 0 Å². The lowest BCUT2D eigenvalue weighted by Gasteiger charge is -2.43. The molecule has 0 bridgehead atoms. The molecule has 1 aromatic heterocycles. The highest BCUT2D eigenvalue weighted by atomic mass is 16.5. The van der Waals surface area contributed by atoms with E-state index in [1.165, 1.54) is 0 Å². The fourth-order valence-corrected chi connectivity index (χ4v) is 3.61. The topological polar surface area (TPSA) is 57.7 Å². The number of likely N-dealkylation sites (N-methyl/N-ethyl adjacent to an activating group) is 1. The molecule has 1 saturated heterocycles. The molecule has 1 aliphatic rings. The molecular formula is C21H28N4O2. The van der Waals surface area contributed by atoms with Crippen molar-refractivity contribution in [3.63, 3.8) is 0 Å². The number of nitrogens with zero attached hydrogens (tertiary/aromatic N) is 3. The minimum Gasteiger partial charge on any atom is -0.497 e. The van der Waals surface area contributed by atoms with E-state index in [0.29, 0.717) is 0 Å². The number of carbonyl (C=O) groups is 1. The van der Waals surface area contributed by atoms with E-state index >= 15 is 0 Å². The van der Waals surface area contributed by atoms with Crippen molar-refractivity contribution in [2.45, 2.75) is 24.9 Å². The largest absolute Gasteiger partial charge is 0.497 e. The van der Waals surface area contributed by atoms with Crippen molar-refractivity contribution in [1.82, 2.24) is 14.8 Å². The average molecular weight is 368 g/mol. The summed E-state index contributed by atoms with van der Waals surface area (Å²) in [5.41, 5.74) is 1.36. The number of methoxy groups -OCH3 is 1. The SMILES string of the molecule is COc1cccc(NC2(C(=O)N(C)C)CCN(Cc3ccccn3)CC2)c1. The first-order valence-electron chi connectivity index (χ1n) is 9.29. The number of hydrogen-bond donors (Lipinski definition) is 1. The number of carbonyl (C=O) groups excluding carboxylic acids is 1. The summed E-state index contributed by atoms with van der Waals surface area (Å²) in [6.45, 7) is 2.49. The lowest BCUT2D eigenvalue weighted by molar-refractivity contribution is -0.135. The summed E-state index contributed by atoms with van der Waals surface area (Å²) in [6.07, 6.45) is 3.31. The molecule has 27 heavy (non-hydrogen) atoms. The van der Waals surface area contributed by atoms with E-state index in [9.17, 15) is 4.79 Å². The Bertz CT molecular complexity index is 756. The Morgan fingerprint density at radius 1 is 1.22 bits per heavy atom. The third-order valence-corrected chi connectivity index (χ3v) is 5.09. The number of piperidine rings is 1.